The van der Waals surface area contributed by atoms with Crippen molar-refractivity contribution in [2.45, 2.75) is 25.2 Å². The molecule has 0 saturated carbocycles. The van der Waals surface area contributed by atoms with Crippen molar-refractivity contribution < 1.29 is 9.53 Å². The van der Waals surface area contributed by atoms with Crippen molar-refractivity contribution in [3.05, 3.63) is 95.1 Å². The summed E-state index contributed by atoms with van der Waals surface area (Å²) in [4.78, 5) is 13.5. The second-order valence-electron chi connectivity index (χ2n) is 8.05. The van der Waals surface area contributed by atoms with Gasteiger partial charge in [0.05, 0.1) is 12.5 Å². The van der Waals surface area contributed by atoms with Crippen LogP contribution >= 0.6 is 0 Å². The van der Waals surface area contributed by atoms with Crippen LogP contribution in [0.2, 0.25) is 0 Å². The molecule has 3 aromatic carbocycles. The predicted octanol–water partition coefficient (Wildman–Crippen LogP) is 5.32. The number of amides is 1. The minimum atomic E-state index is -0.493. The van der Waals surface area contributed by atoms with Gasteiger partial charge >= 0.3 is 0 Å². The molecule has 3 nitrogen and oxygen atoms in total. The Morgan fingerprint density at radius 2 is 1.43 bits per heavy atom. The first-order valence-electron chi connectivity index (χ1n) is 9.75. The largest absolute Gasteiger partial charge is 0.497 e. The van der Waals surface area contributed by atoms with E-state index in [0.717, 1.165) is 17.9 Å². The van der Waals surface area contributed by atoms with E-state index in [-0.39, 0.29) is 17.7 Å². The van der Waals surface area contributed by atoms with Gasteiger partial charge in [-0.2, -0.15) is 0 Å². The Morgan fingerprint density at radius 1 is 0.893 bits per heavy atom. The molecule has 3 aromatic rings. The number of nitrogens with one attached hydrogen (secondary N) is 1. The zero-order valence-corrected chi connectivity index (χ0v) is 16.1. The maximum Gasteiger partial charge on any atom is 0.231 e. The SMILES string of the molecule is COc1ccc(NC(=O)[C@@]2(C)CC3c4ccccc4C2c2ccccc23)cc1. The number of methoxy groups -OCH3 is 1. The fourth-order valence-corrected chi connectivity index (χ4v) is 5.14. The molecule has 140 valence electrons. The molecule has 6 rings (SSSR count). The molecule has 0 spiro atoms. The molecule has 1 atom stereocenters. The van der Waals surface area contributed by atoms with E-state index in [1.54, 1.807) is 7.11 Å². The summed E-state index contributed by atoms with van der Waals surface area (Å²) in [5.41, 5.74) is 5.65. The van der Waals surface area contributed by atoms with Crippen molar-refractivity contribution in [1.82, 2.24) is 0 Å². The van der Waals surface area contributed by atoms with Gasteiger partial charge in [0.2, 0.25) is 5.91 Å². The van der Waals surface area contributed by atoms with Crippen LogP contribution in [0.1, 0.15) is 47.4 Å². The maximum atomic E-state index is 13.5. The molecule has 0 unspecified atom stereocenters. The second-order valence-corrected chi connectivity index (χ2v) is 8.05. The summed E-state index contributed by atoms with van der Waals surface area (Å²) < 4.78 is 5.22. The first kappa shape index (κ1) is 17.1. The van der Waals surface area contributed by atoms with Gasteiger partial charge in [-0.15, -0.1) is 0 Å². The van der Waals surface area contributed by atoms with Crippen molar-refractivity contribution in [2.24, 2.45) is 5.41 Å². The molecule has 3 heteroatoms. The number of hydrogen-bond donors (Lipinski definition) is 1. The first-order chi connectivity index (χ1) is 13.6. The molecular weight excluding hydrogens is 346 g/mol. The molecule has 0 heterocycles. The molecule has 0 fully saturated rings. The lowest BCUT2D eigenvalue weighted by Gasteiger charge is -2.50. The van der Waals surface area contributed by atoms with Gasteiger partial charge in [-0.3, -0.25) is 4.79 Å². The van der Waals surface area contributed by atoms with E-state index < -0.39 is 5.41 Å². The molecule has 28 heavy (non-hydrogen) atoms. The van der Waals surface area contributed by atoms with Crippen LogP contribution in [0.25, 0.3) is 0 Å². The Balaban J connectivity index is 1.56. The van der Waals surface area contributed by atoms with Crippen molar-refractivity contribution in [2.75, 3.05) is 12.4 Å². The van der Waals surface area contributed by atoms with E-state index in [0.29, 0.717) is 0 Å². The van der Waals surface area contributed by atoms with E-state index in [2.05, 4.69) is 60.8 Å². The minimum Gasteiger partial charge on any atom is -0.497 e. The van der Waals surface area contributed by atoms with E-state index in [9.17, 15) is 4.79 Å². The highest BCUT2D eigenvalue weighted by Gasteiger charge is 2.53. The van der Waals surface area contributed by atoms with E-state index in [1.807, 2.05) is 24.3 Å². The number of benzene rings is 3. The molecular formula is C25H23NO2. The molecule has 1 N–H and O–H groups in total. The van der Waals surface area contributed by atoms with E-state index in [1.165, 1.54) is 22.3 Å². The Hall–Kier alpha value is -3.07. The summed E-state index contributed by atoms with van der Waals surface area (Å²) in [5.74, 6) is 1.20. The van der Waals surface area contributed by atoms with Crippen LogP contribution in [-0.2, 0) is 4.79 Å². The molecule has 3 aliphatic carbocycles. The number of ether oxygens (including phenoxy) is 1. The summed E-state index contributed by atoms with van der Waals surface area (Å²) in [6.07, 6.45) is 0.827. The van der Waals surface area contributed by atoms with Gasteiger partial charge in [-0.1, -0.05) is 48.5 Å². The summed E-state index contributed by atoms with van der Waals surface area (Å²) >= 11 is 0. The van der Waals surface area contributed by atoms with Crippen molar-refractivity contribution in [3.8, 4) is 5.75 Å². The van der Waals surface area contributed by atoms with Crippen LogP contribution in [0, 0.1) is 5.41 Å². The molecule has 0 aliphatic heterocycles. The highest BCUT2D eigenvalue weighted by Crippen LogP contribution is 2.61. The third-order valence-corrected chi connectivity index (χ3v) is 6.50. The van der Waals surface area contributed by atoms with Crippen LogP contribution in [0.5, 0.6) is 5.75 Å². The van der Waals surface area contributed by atoms with Gasteiger partial charge in [0.15, 0.2) is 0 Å². The van der Waals surface area contributed by atoms with Gasteiger partial charge in [-0.25, -0.2) is 0 Å². The Bertz CT molecular complexity index is 1010. The standard InChI is InChI=1S/C25H23NO2/c1-25(24(27)26-16-11-13-17(28-2)14-12-16)15-22-18-7-3-5-9-20(18)23(25)21-10-6-4-8-19(21)22/h3-14,22-23H,15H2,1-2H3,(H,26,27)/t22?,23?,25-/m0/s1. The molecule has 0 aromatic heterocycles. The summed E-state index contributed by atoms with van der Waals surface area (Å²) in [7, 11) is 1.64. The number of carbonyl (C=O) groups excluding carboxylic acids is 1. The zero-order valence-electron chi connectivity index (χ0n) is 16.1. The molecule has 0 saturated heterocycles. The fourth-order valence-electron chi connectivity index (χ4n) is 5.14. The lowest BCUT2D eigenvalue weighted by Crippen LogP contribution is -2.47. The number of hydrogen-bond acceptors (Lipinski definition) is 2. The van der Waals surface area contributed by atoms with Crippen molar-refractivity contribution in [3.63, 3.8) is 0 Å². The molecule has 2 bridgehead atoms. The van der Waals surface area contributed by atoms with Crippen molar-refractivity contribution >= 4 is 11.6 Å². The number of anilines is 1. The Kier molecular flexibility index (Phi) is 3.80. The Labute approximate surface area is 165 Å². The highest BCUT2D eigenvalue weighted by molar-refractivity contribution is 5.97. The number of fused-ring (bicyclic) bond motifs is 1. The normalized spacial score (nSPS) is 24.2. The summed E-state index contributed by atoms with van der Waals surface area (Å²) in [5, 5.41) is 3.16. The second kappa shape index (κ2) is 6.23. The maximum absolute atomic E-state index is 13.5. The average molecular weight is 369 g/mol. The highest BCUT2D eigenvalue weighted by atomic mass is 16.5. The molecule has 3 aliphatic rings. The third-order valence-electron chi connectivity index (χ3n) is 6.50. The van der Waals surface area contributed by atoms with Gasteiger partial charge in [-0.05, 0) is 59.9 Å². The molecule has 0 radical (unpaired) electrons. The van der Waals surface area contributed by atoms with Gasteiger partial charge in [0.25, 0.3) is 0 Å². The van der Waals surface area contributed by atoms with Crippen LogP contribution in [0.15, 0.2) is 72.8 Å². The van der Waals surface area contributed by atoms with Gasteiger partial charge in [0, 0.05) is 17.5 Å². The first-order valence-corrected chi connectivity index (χ1v) is 9.75. The van der Waals surface area contributed by atoms with E-state index in [4.69, 9.17) is 4.74 Å². The number of carbonyl (C=O) groups is 1. The predicted molar refractivity (Wildman–Crippen MR) is 111 cm³/mol. The summed E-state index contributed by atoms with van der Waals surface area (Å²) in [6, 6.07) is 24.8. The van der Waals surface area contributed by atoms with Crippen LogP contribution in [0.4, 0.5) is 5.69 Å². The quantitative estimate of drug-likeness (QED) is 0.678. The van der Waals surface area contributed by atoms with Crippen LogP contribution < -0.4 is 10.1 Å². The van der Waals surface area contributed by atoms with Crippen LogP contribution in [0.3, 0.4) is 0 Å². The van der Waals surface area contributed by atoms with E-state index >= 15 is 0 Å². The smallest absolute Gasteiger partial charge is 0.231 e. The number of rotatable bonds is 3. The molecule has 1 amide bonds. The van der Waals surface area contributed by atoms with Crippen molar-refractivity contribution in [1.29, 1.82) is 0 Å². The lowest BCUT2D eigenvalue weighted by atomic mass is 9.52. The average Bonchev–Trinajstić information content (AvgIpc) is 2.74. The topological polar surface area (TPSA) is 38.3 Å². The third kappa shape index (κ3) is 2.39. The van der Waals surface area contributed by atoms with Gasteiger partial charge in [0.1, 0.15) is 5.75 Å². The van der Waals surface area contributed by atoms with Crippen LogP contribution in [-0.4, -0.2) is 13.0 Å². The van der Waals surface area contributed by atoms with Gasteiger partial charge < -0.3 is 10.1 Å². The zero-order chi connectivity index (χ0) is 19.3. The lowest BCUT2D eigenvalue weighted by molar-refractivity contribution is -0.126. The fraction of sp³-hybridized carbons (Fsp3) is 0.240. The Morgan fingerprint density at radius 3 is 1.96 bits per heavy atom. The monoisotopic (exact) mass is 369 g/mol. The summed E-state index contributed by atoms with van der Waals surface area (Å²) in [6.45, 7) is 2.12. The minimum absolute atomic E-state index is 0.0724.